The molecular formula is C18H28N2O8. The molecule has 10 nitrogen and oxygen atoms in total. The third-order valence-electron chi connectivity index (χ3n) is 3.54. The zero-order chi connectivity index (χ0) is 22.1. The highest BCUT2D eigenvalue weighted by Gasteiger charge is 2.31. The fraction of sp³-hybridized carbons (Fsp3) is 0.667. The van der Waals surface area contributed by atoms with E-state index >= 15 is 0 Å². The van der Waals surface area contributed by atoms with Crippen LogP contribution in [0.1, 0.15) is 59.8 Å². The lowest BCUT2D eigenvalue weighted by Gasteiger charge is -2.25. The van der Waals surface area contributed by atoms with E-state index in [4.69, 9.17) is 10.2 Å². The van der Waals surface area contributed by atoms with E-state index in [0.717, 1.165) is 0 Å². The van der Waals surface area contributed by atoms with Crippen LogP contribution < -0.4 is 10.6 Å². The van der Waals surface area contributed by atoms with Crippen LogP contribution in [0.3, 0.4) is 0 Å². The molecular weight excluding hydrogens is 372 g/mol. The molecule has 0 heterocycles. The first-order valence-corrected chi connectivity index (χ1v) is 8.78. The number of carboxylic acids is 2. The molecule has 0 unspecified atom stereocenters. The Bertz CT molecular complexity index is 636. The van der Waals surface area contributed by atoms with Crippen molar-refractivity contribution >= 4 is 35.3 Å². The highest BCUT2D eigenvalue weighted by Crippen LogP contribution is 2.15. The molecule has 2 amide bonds. The summed E-state index contributed by atoms with van der Waals surface area (Å²) in [5.74, 6) is -6.19. The zero-order valence-corrected chi connectivity index (χ0v) is 16.5. The molecule has 10 heteroatoms. The maximum absolute atomic E-state index is 12.5. The normalized spacial score (nSPS) is 13.1. The Morgan fingerprint density at radius 1 is 0.857 bits per heavy atom. The van der Waals surface area contributed by atoms with Crippen LogP contribution in [0.4, 0.5) is 0 Å². The number of ketones is 2. The molecule has 0 fully saturated rings. The van der Waals surface area contributed by atoms with Crippen molar-refractivity contribution in [3.8, 4) is 0 Å². The number of carbonyl (C=O) groups is 6. The van der Waals surface area contributed by atoms with E-state index in [0.29, 0.717) is 0 Å². The average molecular weight is 400 g/mol. The van der Waals surface area contributed by atoms with Crippen LogP contribution in [0.25, 0.3) is 0 Å². The number of hydrogen-bond donors (Lipinski definition) is 4. The monoisotopic (exact) mass is 400 g/mol. The minimum Gasteiger partial charge on any atom is -0.481 e. The minimum atomic E-state index is -1.42. The Kier molecular flexibility index (Phi) is 10.0. The molecule has 0 aromatic rings. The van der Waals surface area contributed by atoms with Gasteiger partial charge in [0.05, 0.1) is 24.8 Å². The summed E-state index contributed by atoms with van der Waals surface area (Å²) in [7, 11) is 0. The average Bonchev–Trinajstić information content (AvgIpc) is 2.49. The predicted molar refractivity (Wildman–Crippen MR) is 97.4 cm³/mol. The summed E-state index contributed by atoms with van der Waals surface area (Å²) >= 11 is 0. The molecule has 0 aliphatic carbocycles. The van der Waals surface area contributed by atoms with Crippen LogP contribution in [0.5, 0.6) is 0 Å². The topological polar surface area (TPSA) is 167 Å². The van der Waals surface area contributed by atoms with Gasteiger partial charge in [-0.05, 0) is 27.7 Å². The van der Waals surface area contributed by atoms with E-state index in [9.17, 15) is 28.8 Å². The summed E-state index contributed by atoms with van der Waals surface area (Å²) in [5.41, 5.74) is -0.655. The summed E-state index contributed by atoms with van der Waals surface area (Å²) in [6, 6.07) is -1.42. The quantitative estimate of drug-likeness (QED) is 0.362. The summed E-state index contributed by atoms with van der Waals surface area (Å²) in [6.07, 6.45) is -2.15. The zero-order valence-electron chi connectivity index (χ0n) is 16.5. The van der Waals surface area contributed by atoms with Gasteiger partial charge in [0.2, 0.25) is 11.8 Å². The largest absolute Gasteiger partial charge is 0.481 e. The van der Waals surface area contributed by atoms with Crippen LogP contribution >= 0.6 is 0 Å². The molecule has 0 aliphatic rings. The van der Waals surface area contributed by atoms with Gasteiger partial charge in [-0.3, -0.25) is 24.0 Å². The standard InChI is InChI=1S/C18H28N2O8/c1-10(21)5-6-14(23)19-12(9-16(26)27)13(22)7-11(8-15(24)25)17(28)20-18(2,3)4/h11-12H,5-9H2,1-4H3,(H,19,23)(H,20,28)(H,24,25)(H,26,27)/t11-,12-/m0/s1. The molecule has 2 atom stereocenters. The Balaban J connectivity index is 5.25. The SMILES string of the molecule is CC(=O)CCC(=O)N[C@@H](CC(=O)O)C(=O)C[C@@H](CC(=O)O)C(=O)NC(C)(C)C. The lowest BCUT2D eigenvalue weighted by atomic mass is 9.92. The molecule has 0 aromatic carbocycles. The molecule has 4 N–H and O–H groups in total. The van der Waals surface area contributed by atoms with Crippen molar-refractivity contribution in [3.05, 3.63) is 0 Å². The van der Waals surface area contributed by atoms with E-state index in [1.54, 1.807) is 20.8 Å². The molecule has 0 aromatic heterocycles. The summed E-state index contributed by atoms with van der Waals surface area (Å²) in [6.45, 7) is 6.35. The first kappa shape index (κ1) is 25.2. The summed E-state index contributed by atoms with van der Waals surface area (Å²) in [5, 5.41) is 22.8. The smallest absolute Gasteiger partial charge is 0.305 e. The Hall–Kier alpha value is -2.78. The van der Waals surface area contributed by atoms with E-state index in [1.807, 2.05) is 0 Å². The van der Waals surface area contributed by atoms with Gasteiger partial charge in [0.1, 0.15) is 5.78 Å². The molecule has 28 heavy (non-hydrogen) atoms. The van der Waals surface area contributed by atoms with E-state index < -0.39 is 66.3 Å². The van der Waals surface area contributed by atoms with Crippen molar-refractivity contribution in [2.45, 2.75) is 71.4 Å². The van der Waals surface area contributed by atoms with Gasteiger partial charge in [0, 0.05) is 24.8 Å². The second-order valence-electron chi connectivity index (χ2n) is 7.62. The third kappa shape index (κ3) is 11.8. The lowest BCUT2D eigenvalue weighted by Crippen LogP contribution is -2.47. The van der Waals surface area contributed by atoms with Gasteiger partial charge < -0.3 is 25.6 Å². The predicted octanol–water partition coefficient (Wildman–Crippen LogP) is 0.280. The first-order valence-electron chi connectivity index (χ1n) is 8.78. The highest BCUT2D eigenvalue weighted by molar-refractivity contribution is 5.96. The third-order valence-corrected chi connectivity index (χ3v) is 3.54. The van der Waals surface area contributed by atoms with Crippen molar-refractivity contribution in [2.75, 3.05) is 0 Å². The van der Waals surface area contributed by atoms with Crippen LogP contribution in [0.2, 0.25) is 0 Å². The van der Waals surface area contributed by atoms with Crippen LogP contribution in [-0.4, -0.2) is 57.1 Å². The molecule has 0 rings (SSSR count). The number of rotatable bonds is 12. The Morgan fingerprint density at radius 3 is 1.82 bits per heavy atom. The summed E-state index contributed by atoms with van der Waals surface area (Å²) < 4.78 is 0. The van der Waals surface area contributed by atoms with Gasteiger partial charge in [-0.15, -0.1) is 0 Å². The second-order valence-corrected chi connectivity index (χ2v) is 7.62. The van der Waals surface area contributed by atoms with Gasteiger partial charge >= 0.3 is 11.9 Å². The van der Waals surface area contributed by atoms with Crippen molar-refractivity contribution in [3.63, 3.8) is 0 Å². The minimum absolute atomic E-state index is 0.0601. The molecule has 158 valence electrons. The first-order chi connectivity index (χ1) is 12.7. The van der Waals surface area contributed by atoms with Gasteiger partial charge in [0.15, 0.2) is 5.78 Å². The van der Waals surface area contributed by atoms with E-state index in [-0.39, 0.29) is 18.6 Å². The van der Waals surface area contributed by atoms with Crippen molar-refractivity contribution < 1.29 is 39.0 Å². The second kappa shape index (κ2) is 11.2. The number of hydrogen-bond acceptors (Lipinski definition) is 6. The molecule has 0 spiro atoms. The maximum atomic E-state index is 12.5. The van der Waals surface area contributed by atoms with Crippen molar-refractivity contribution in [2.24, 2.45) is 5.92 Å². The van der Waals surface area contributed by atoms with E-state index in [1.165, 1.54) is 6.92 Å². The van der Waals surface area contributed by atoms with E-state index in [2.05, 4.69) is 10.6 Å². The Morgan fingerprint density at radius 2 is 1.39 bits per heavy atom. The molecule has 0 saturated carbocycles. The maximum Gasteiger partial charge on any atom is 0.305 e. The number of nitrogens with one attached hydrogen (secondary N) is 2. The number of carboxylic acid groups (broad SMARTS) is 2. The number of amides is 2. The molecule has 0 saturated heterocycles. The fourth-order valence-corrected chi connectivity index (χ4v) is 2.30. The number of carbonyl (C=O) groups excluding carboxylic acids is 4. The number of aliphatic carboxylic acids is 2. The van der Waals surface area contributed by atoms with Gasteiger partial charge in [-0.2, -0.15) is 0 Å². The molecule has 0 bridgehead atoms. The van der Waals surface area contributed by atoms with Crippen LogP contribution in [0.15, 0.2) is 0 Å². The fourth-order valence-electron chi connectivity index (χ4n) is 2.30. The van der Waals surface area contributed by atoms with Crippen LogP contribution in [-0.2, 0) is 28.8 Å². The number of Topliss-reactive ketones (excluding diaryl/α,β-unsaturated/α-hetero) is 2. The Labute approximate surface area is 163 Å². The lowest BCUT2D eigenvalue weighted by molar-refractivity contribution is -0.144. The van der Waals surface area contributed by atoms with Crippen molar-refractivity contribution in [1.29, 1.82) is 0 Å². The molecule has 0 aliphatic heterocycles. The van der Waals surface area contributed by atoms with Crippen molar-refractivity contribution in [1.82, 2.24) is 10.6 Å². The highest BCUT2D eigenvalue weighted by atomic mass is 16.4. The molecule has 0 radical (unpaired) electrons. The van der Waals surface area contributed by atoms with Gasteiger partial charge in [-0.1, -0.05) is 0 Å². The van der Waals surface area contributed by atoms with Crippen LogP contribution in [0, 0.1) is 5.92 Å². The van der Waals surface area contributed by atoms with Gasteiger partial charge in [0.25, 0.3) is 0 Å². The van der Waals surface area contributed by atoms with Gasteiger partial charge in [-0.25, -0.2) is 0 Å². The summed E-state index contributed by atoms with van der Waals surface area (Å²) in [4.78, 5) is 69.7.